The Hall–Kier alpha value is -2.88. The van der Waals surface area contributed by atoms with Gasteiger partial charge in [-0.05, 0) is 24.6 Å². The first-order chi connectivity index (χ1) is 12.9. The highest BCUT2D eigenvalue weighted by molar-refractivity contribution is 5.92. The number of benzene rings is 1. The molecular weight excluding hydrogens is 363 g/mol. The number of rotatable bonds is 3. The molecule has 1 amide bonds. The van der Waals surface area contributed by atoms with Gasteiger partial charge < -0.3 is 9.80 Å². The largest absolute Gasteiger partial charge is 0.416 e. The molecule has 1 aromatic carbocycles. The van der Waals surface area contributed by atoms with Gasteiger partial charge in [0.05, 0.1) is 17.2 Å². The minimum absolute atomic E-state index is 0.0718. The number of nitrogens with zero attached hydrogens (tertiary/aromatic N) is 4. The van der Waals surface area contributed by atoms with Crippen LogP contribution in [0.1, 0.15) is 22.3 Å². The Balaban J connectivity index is 1.49. The number of anilines is 2. The van der Waals surface area contributed by atoms with E-state index in [1.807, 2.05) is 9.80 Å². The molecule has 2 aromatic rings. The molecule has 0 spiro atoms. The standard InChI is InChI=1S/C17H16F3N5O2/c18-17(19,20)11-2-1-3-12(4-11)24-8-14-5-13(24)9-25(14)16-21-6-10(7-22-16)15(26)23-27/h1-4,6-7,13-14,27H,5,8-9H2,(H,23,26). The van der Waals surface area contributed by atoms with Crippen molar-refractivity contribution in [3.05, 3.63) is 47.8 Å². The van der Waals surface area contributed by atoms with Gasteiger partial charge in [-0.25, -0.2) is 15.4 Å². The highest BCUT2D eigenvalue weighted by Crippen LogP contribution is 2.38. The minimum Gasteiger partial charge on any atom is -0.365 e. The van der Waals surface area contributed by atoms with E-state index in [1.165, 1.54) is 30.0 Å². The van der Waals surface area contributed by atoms with Gasteiger partial charge in [0.25, 0.3) is 5.91 Å². The molecule has 7 nitrogen and oxygen atoms in total. The van der Waals surface area contributed by atoms with Crippen LogP contribution in [0.25, 0.3) is 0 Å². The lowest BCUT2D eigenvalue weighted by molar-refractivity contribution is -0.137. The van der Waals surface area contributed by atoms with Gasteiger partial charge >= 0.3 is 6.18 Å². The predicted molar refractivity (Wildman–Crippen MR) is 89.6 cm³/mol. The zero-order valence-corrected chi connectivity index (χ0v) is 14.0. The molecule has 27 heavy (non-hydrogen) atoms. The Bertz CT molecular complexity index is 858. The second kappa shape index (κ2) is 6.38. The molecule has 2 unspecified atom stereocenters. The molecule has 2 N–H and O–H groups in total. The molecule has 2 atom stereocenters. The summed E-state index contributed by atoms with van der Waals surface area (Å²) >= 11 is 0. The van der Waals surface area contributed by atoms with E-state index in [-0.39, 0.29) is 17.6 Å². The lowest BCUT2D eigenvalue weighted by Crippen LogP contribution is -2.47. The van der Waals surface area contributed by atoms with Crippen LogP contribution in [0, 0.1) is 0 Å². The smallest absolute Gasteiger partial charge is 0.365 e. The zero-order chi connectivity index (χ0) is 19.2. The fourth-order valence-electron chi connectivity index (χ4n) is 3.74. The Morgan fingerprint density at radius 3 is 2.41 bits per heavy atom. The molecule has 2 bridgehead atoms. The first kappa shape index (κ1) is 17.5. The topological polar surface area (TPSA) is 81.6 Å². The second-order valence-electron chi connectivity index (χ2n) is 6.61. The van der Waals surface area contributed by atoms with Crippen LogP contribution in [0.3, 0.4) is 0 Å². The lowest BCUT2D eigenvalue weighted by Gasteiger charge is -2.35. The number of aromatic nitrogens is 2. The fourth-order valence-corrected chi connectivity index (χ4v) is 3.74. The van der Waals surface area contributed by atoms with Gasteiger partial charge in [0.15, 0.2) is 0 Å². The van der Waals surface area contributed by atoms with Crippen molar-refractivity contribution in [2.24, 2.45) is 0 Å². The monoisotopic (exact) mass is 379 g/mol. The van der Waals surface area contributed by atoms with Crippen molar-refractivity contribution in [3.63, 3.8) is 0 Å². The minimum atomic E-state index is -4.36. The predicted octanol–water partition coefficient (Wildman–Crippen LogP) is 2.08. The first-order valence-corrected chi connectivity index (χ1v) is 8.34. The van der Waals surface area contributed by atoms with E-state index in [0.29, 0.717) is 24.7 Å². The maximum Gasteiger partial charge on any atom is 0.416 e. The molecule has 2 fully saturated rings. The average molecular weight is 379 g/mol. The van der Waals surface area contributed by atoms with Gasteiger partial charge in [0.1, 0.15) is 0 Å². The van der Waals surface area contributed by atoms with Crippen molar-refractivity contribution < 1.29 is 23.2 Å². The van der Waals surface area contributed by atoms with Crippen molar-refractivity contribution in [3.8, 4) is 0 Å². The van der Waals surface area contributed by atoms with Crippen LogP contribution in [0.15, 0.2) is 36.7 Å². The molecule has 1 aromatic heterocycles. The molecular formula is C17H16F3N5O2. The Morgan fingerprint density at radius 2 is 1.81 bits per heavy atom. The molecule has 142 valence electrons. The molecule has 2 aliphatic heterocycles. The summed E-state index contributed by atoms with van der Waals surface area (Å²) in [5, 5.41) is 8.62. The lowest BCUT2D eigenvalue weighted by atomic mass is 10.1. The van der Waals surface area contributed by atoms with Gasteiger partial charge in [-0.15, -0.1) is 0 Å². The fraction of sp³-hybridized carbons (Fsp3) is 0.353. The number of carbonyl (C=O) groups excluding carboxylic acids is 1. The number of halogens is 3. The summed E-state index contributed by atoms with van der Waals surface area (Å²) in [5.74, 6) is -0.235. The first-order valence-electron chi connectivity index (χ1n) is 8.34. The summed E-state index contributed by atoms with van der Waals surface area (Å²) in [7, 11) is 0. The van der Waals surface area contributed by atoms with E-state index in [2.05, 4.69) is 9.97 Å². The Morgan fingerprint density at radius 1 is 1.15 bits per heavy atom. The highest BCUT2D eigenvalue weighted by Gasteiger charge is 2.44. The maximum absolute atomic E-state index is 13.0. The molecule has 0 radical (unpaired) electrons. The molecule has 3 heterocycles. The summed E-state index contributed by atoms with van der Waals surface area (Å²) in [6.07, 6.45) is -0.912. The van der Waals surface area contributed by atoms with E-state index in [9.17, 15) is 18.0 Å². The summed E-state index contributed by atoms with van der Waals surface area (Å²) in [6, 6.07) is 5.53. The Kier molecular flexibility index (Phi) is 4.14. The van der Waals surface area contributed by atoms with Gasteiger partial charge in [0.2, 0.25) is 5.95 Å². The average Bonchev–Trinajstić information content (AvgIpc) is 3.28. The number of nitrogens with one attached hydrogen (secondary N) is 1. The van der Waals surface area contributed by atoms with E-state index < -0.39 is 17.6 Å². The number of alkyl halides is 3. The number of hydrogen-bond donors (Lipinski definition) is 2. The summed E-state index contributed by atoms with van der Waals surface area (Å²) in [4.78, 5) is 23.7. The van der Waals surface area contributed by atoms with E-state index in [4.69, 9.17) is 5.21 Å². The van der Waals surface area contributed by atoms with Crippen molar-refractivity contribution in [2.75, 3.05) is 22.9 Å². The number of fused-ring (bicyclic) bond motifs is 2. The van der Waals surface area contributed by atoms with E-state index >= 15 is 0 Å². The summed E-state index contributed by atoms with van der Waals surface area (Å²) < 4.78 is 38.9. The quantitative estimate of drug-likeness (QED) is 0.628. The molecule has 10 heteroatoms. The normalized spacial score (nSPS) is 21.6. The zero-order valence-electron chi connectivity index (χ0n) is 14.0. The SMILES string of the molecule is O=C(NO)c1cnc(N2CC3CC2CN3c2cccc(C(F)(F)F)c2)nc1. The third-order valence-electron chi connectivity index (χ3n) is 5.00. The summed E-state index contributed by atoms with van der Waals surface area (Å²) in [6.45, 7) is 1.17. The third-order valence-corrected chi connectivity index (χ3v) is 5.00. The van der Waals surface area contributed by atoms with Crippen LogP contribution in [0.2, 0.25) is 0 Å². The van der Waals surface area contributed by atoms with Crippen molar-refractivity contribution in [1.29, 1.82) is 0 Å². The van der Waals surface area contributed by atoms with Crippen LogP contribution in [0.4, 0.5) is 24.8 Å². The molecule has 0 aliphatic carbocycles. The number of hydrogen-bond acceptors (Lipinski definition) is 6. The second-order valence-corrected chi connectivity index (χ2v) is 6.61. The number of hydroxylamine groups is 1. The van der Waals surface area contributed by atoms with E-state index in [1.54, 1.807) is 6.07 Å². The van der Waals surface area contributed by atoms with Crippen molar-refractivity contribution in [2.45, 2.75) is 24.7 Å². The van der Waals surface area contributed by atoms with Crippen LogP contribution >= 0.6 is 0 Å². The molecule has 2 saturated heterocycles. The van der Waals surface area contributed by atoms with Crippen LogP contribution in [-0.4, -0.2) is 46.3 Å². The third kappa shape index (κ3) is 3.16. The van der Waals surface area contributed by atoms with Crippen molar-refractivity contribution in [1.82, 2.24) is 15.4 Å². The van der Waals surface area contributed by atoms with Gasteiger partial charge in [-0.2, -0.15) is 13.2 Å². The number of amides is 1. The Labute approximate surface area is 152 Å². The van der Waals surface area contributed by atoms with Crippen molar-refractivity contribution >= 4 is 17.5 Å². The summed E-state index contributed by atoms with van der Waals surface area (Å²) in [5.41, 5.74) is 1.56. The van der Waals surface area contributed by atoms with Crippen LogP contribution in [0.5, 0.6) is 0 Å². The van der Waals surface area contributed by atoms with Gasteiger partial charge in [-0.3, -0.25) is 10.0 Å². The molecule has 2 aliphatic rings. The van der Waals surface area contributed by atoms with Crippen LogP contribution in [-0.2, 0) is 6.18 Å². The number of carbonyl (C=O) groups is 1. The van der Waals surface area contributed by atoms with E-state index in [0.717, 1.165) is 12.5 Å². The highest BCUT2D eigenvalue weighted by atomic mass is 19.4. The maximum atomic E-state index is 13.0. The van der Waals surface area contributed by atoms with Gasteiger partial charge in [-0.1, -0.05) is 6.07 Å². The van der Waals surface area contributed by atoms with Gasteiger partial charge in [0, 0.05) is 37.2 Å². The molecule has 4 rings (SSSR count). The van der Waals surface area contributed by atoms with Crippen LogP contribution < -0.4 is 15.3 Å². The molecule has 0 saturated carbocycles. The number of piperazine rings is 1.